The van der Waals surface area contributed by atoms with Crippen molar-refractivity contribution in [2.45, 2.75) is 25.9 Å². The monoisotopic (exact) mass is 414 g/mol. The predicted octanol–water partition coefficient (Wildman–Crippen LogP) is 4.17. The average molecular weight is 414 g/mol. The number of phenolic OH excluding ortho intramolecular Hbond substituents is 1. The summed E-state index contributed by atoms with van der Waals surface area (Å²) in [6.45, 7) is 1.90. The number of nitrogens with one attached hydrogen (secondary N) is 2. The van der Waals surface area contributed by atoms with Crippen molar-refractivity contribution in [1.29, 1.82) is 0 Å². The van der Waals surface area contributed by atoms with E-state index >= 15 is 0 Å². The van der Waals surface area contributed by atoms with Crippen LogP contribution in [0.3, 0.4) is 0 Å². The molecule has 2 atom stereocenters. The Balaban J connectivity index is 2.14. The molecule has 8 heteroatoms. The minimum absolute atomic E-state index is 0.0567. The molecule has 0 fully saturated rings. The number of para-hydroxylation sites is 1. The molecule has 2 aromatic rings. The molecule has 0 aliphatic carbocycles. The Kier molecular flexibility index (Phi) is 8.71. The van der Waals surface area contributed by atoms with Crippen molar-refractivity contribution in [2.24, 2.45) is 5.92 Å². The van der Waals surface area contributed by atoms with Crippen molar-refractivity contribution in [3.63, 3.8) is 0 Å². The fraction of sp³-hybridized carbons (Fsp3) is 0.273. The third-order valence-corrected chi connectivity index (χ3v) is 4.47. The maximum absolute atomic E-state index is 12.5. The molecule has 0 aromatic heterocycles. The number of carbonyl (C=O) groups excluding carboxylic acids is 2. The molecule has 2 rings (SSSR count). The minimum atomic E-state index is -0.648. The summed E-state index contributed by atoms with van der Waals surface area (Å²) >= 11 is 0. The van der Waals surface area contributed by atoms with Gasteiger partial charge in [-0.05, 0) is 48.6 Å². The van der Waals surface area contributed by atoms with Gasteiger partial charge in [-0.2, -0.15) is 0 Å². The van der Waals surface area contributed by atoms with Crippen LogP contribution in [-0.2, 0) is 9.53 Å². The van der Waals surface area contributed by atoms with Gasteiger partial charge in [0.1, 0.15) is 6.10 Å². The highest BCUT2D eigenvalue weighted by Gasteiger charge is 2.24. The lowest BCUT2D eigenvalue weighted by Gasteiger charge is -2.25. The number of allylic oxidation sites excluding steroid dienone is 1. The van der Waals surface area contributed by atoms with Gasteiger partial charge in [0.15, 0.2) is 11.5 Å². The second-order valence-electron chi connectivity index (χ2n) is 6.68. The fourth-order valence-electron chi connectivity index (χ4n) is 2.92. The van der Waals surface area contributed by atoms with E-state index in [1.165, 1.54) is 24.7 Å². The Hall–Kier alpha value is -3.52. The van der Waals surface area contributed by atoms with Crippen LogP contribution in [-0.4, -0.2) is 29.4 Å². The van der Waals surface area contributed by atoms with Crippen LogP contribution in [0.2, 0.25) is 0 Å². The van der Waals surface area contributed by atoms with E-state index in [9.17, 15) is 14.7 Å². The van der Waals surface area contributed by atoms with E-state index in [-0.39, 0.29) is 11.7 Å². The first-order valence-corrected chi connectivity index (χ1v) is 9.44. The Labute approximate surface area is 175 Å². The summed E-state index contributed by atoms with van der Waals surface area (Å²) in [5.41, 5.74) is 2.74. The van der Waals surface area contributed by atoms with E-state index < -0.39 is 18.1 Å². The molecule has 0 bridgehead atoms. The first kappa shape index (κ1) is 22.8. The quantitative estimate of drug-likeness (QED) is 0.278. The summed E-state index contributed by atoms with van der Waals surface area (Å²) in [4.78, 5) is 23.5. The zero-order valence-electron chi connectivity index (χ0n) is 16.9. The molecule has 160 valence electrons. The molecule has 0 saturated carbocycles. The predicted molar refractivity (Wildman–Crippen MR) is 111 cm³/mol. The van der Waals surface area contributed by atoms with Crippen LogP contribution < -0.4 is 15.5 Å². The standard InChI is InChI=1S/C22H26N2O6/c1-15(8-6-7-11-20(26)24-28)21(16-12-13-19(29-2)18(25)14-16)30-22(27)23-17-9-4-3-5-10-17/h3-5,7,9-15,21,25,28H,6,8H2,1-2H3,(H,23,27)(H,24,26)/b11-7+/t15-,21-/m1/s1. The molecular formula is C22H26N2O6. The van der Waals surface area contributed by atoms with Crippen molar-refractivity contribution < 1.29 is 29.4 Å². The second-order valence-corrected chi connectivity index (χ2v) is 6.68. The van der Waals surface area contributed by atoms with Gasteiger partial charge in [-0.25, -0.2) is 10.3 Å². The molecule has 4 N–H and O–H groups in total. The Morgan fingerprint density at radius 1 is 1.17 bits per heavy atom. The number of carbonyl (C=O) groups is 2. The second kappa shape index (κ2) is 11.5. The van der Waals surface area contributed by atoms with Crippen LogP contribution >= 0.6 is 0 Å². The summed E-state index contributed by atoms with van der Waals surface area (Å²) in [7, 11) is 1.45. The number of anilines is 1. The smallest absolute Gasteiger partial charge is 0.412 e. The van der Waals surface area contributed by atoms with Crippen LogP contribution in [0.5, 0.6) is 11.5 Å². The lowest BCUT2D eigenvalue weighted by atomic mass is 9.92. The minimum Gasteiger partial charge on any atom is -0.504 e. The highest BCUT2D eigenvalue weighted by atomic mass is 16.6. The van der Waals surface area contributed by atoms with Gasteiger partial charge in [0.2, 0.25) is 0 Å². The maximum atomic E-state index is 12.5. The van der Waals surface area contributed by atoms with Gasteiger partial charge in [0.25, 0.3) is 5.91 Å². The van der Waals surface area contributed by atoms with Crippen LogP contribution in [0, 0.1) is 5.92 Å². The number of aromatic hydroxyl groups is 1. The van der Waals surface area contributed by atoms with Crippen molar-refractivity contribution in [2.75, 3.05) is 12.4 Å². The first-order chi connectivity index (χ1) is 14.4. The van der Waals surface area contributed by atoms with Gasteiger partial charge in [-0.1, -0.05) is 37.3 Å². The number of amides is 2. The molecule has 2 aromatic carbocycles. The molecular weight excluding hydrogens is 388 g/mol. The number of ether oxygens (including phenoxy) is 2. The SMILES string of the molecule is COc1ccc([C@H](OC(=O)Nc2ccccc2)[C@H](C)CC/C=C/C(=O)NO)cc1O. The van der Waals surface area contributed by atoms with Gasteiger partial charge in [0.05, 0.1) is 7.11 Å². The topological polar surface area (TPSA) is 117 Å². The lowest BCUT2D eigenvalue weighted by Crippen LogP contribution is -2.22. The van der Waals surface area contributed by atoms with E-state index in [0.29, 0.717) is 29.8 Å². The van der Waals surface area contributed by atoms with E-state index in [2.05, 4.69) is 5.32 Å². The number of phenols is 1. The Bertz CT molecular complexity index is 869. The summed E-state index contributed by atoms with van der Waals surface area (Å²) in [5, 5.41) is 21.3. The molecule has 0 aliphatic rings. The number of hydrogen-bond acceptors (Lipinski definition) is 6. The molecule has 0 radical (unpaired) electrons. The zero-order valence-corrected chi connectivity index (χ0v) is 16.9. The highest BCUT2D eigenvalue weighted by molar-refractivity contribution is 5.86. The van der Waals surface area contributed by atoms with E-state index in [1.807, 2.05) is 13.0 Å². The third kappa shape index (κ3) is 6.82. The molecule has 8 nitrogen and oxygen atoms in total. The Morgan fingerprint density at radius 3 is 2.53 bits per heavy atom. The first-order valence-electron chi connectivity index (χ1n) is 9.44. The summed E-state index contributed by atoms with van der Waals surface area (Å²) in [6, 6.07) is 13.8. The molecule has 0 spiro atoms. The molecule has 2 amide bonds. The van der Waals surface area contributed by atoms with Gasteiger partial charge >= 0.3 is 6.09 Å². The highest BCUT2D eigenvalue weighted by Crippen LogP contribution is 2.35. The van der Waals surface area contributed by atoms with Gasteiger partial charge in [-0.3, -0.25) is 15.3 Å². The largest absolute Gasteiger partial charge is 0.504 e. The number of benzene rings is 2. The van der Waals surface area contributed by atoms with Crippen LogP contribution in [0.1, 0.15) is 31.4 Å². The summed E-state index contributed by atoms with van der Waals surface area (Å²) in [6.07, 6.45) is 2.69. The molecule has 0 aliphatic heterocycles. The van der Waals surface area contributed by atoms with Crippen molar-refractivity contribution >= 4 is 17.7 Å². The fourth-order valence-corrected chi connectivity index (χ4v) is 2.92. The van der Waals surface area contributed by atoms with Gasteiger partial charge in [0, 0.05) is 11.8 Å². The van der Waals surface area contributed by atoms with Crippen molar-refractivity contribution in [3.8, 4) is 11.5 Å². The molecule has 0 heterocycles. The van der Waals surface area contributed by atoms with E-state index in [4.69, 9.17) is 14.7 Å². The van der Waals surface area contributed by atoms with Gasteiger partial charge < -0.3 is 14.6 Å². The molecule has 0 unspecified atom stereocenters. The van der Waals surface area contributed by atoms with Crippen molar-refractivity contribution in [3.05, 3.63) is 66.2 Å². The van der Waals surface area contributed by atoms with Crippen LogP contribution in [0.4, 0.5) is 10.5 Å². The number of methoxy groups -OCH3 is 1. The van der Waals surface area contributed by atoms with Gasteiger partial charge in [-0.15, -0.1) is 0 Å². The number of hydrogen-bond donors (Lipinski definition) is 4. The normalized spacial score (nSPS) is 12.8. The number of rotatable bonds is 9. The van der Waals surface area contributed by atoms with Crippen molar-refractivity contribution in [1.82, 2.24) is 5.48 Å². The zero-order chi connectivity index (χ0) is 21.9. The van der Waals surface area contributed by atoms with Crippen LogP contribution in [0.15, 0.2) is 60.7 Å². The van der Waals surface area contributed by atoms with Crippen LogP contribution in [0.25, 0.3) is 0 Å². The average Bonchev–Trinajstić information content (AvgIpc) is 2.75. The molecule has 0 saturated heterocycles. The Morgan fingerprint density at radius 2 is 1.90 bits per heavy atom. The molecule has 30 heavy (non-hydrogen) atoms. The summed E-state index contributed by atoms with van der Waals surface area (Å²) in [5.74, 6) is -0.491. The third-order valence-electron chi connectivity index (χ3n) is 4.47. The van der Waals surface area contributed by atoms with E-state index in [1.54, 1.807) is 42.5 Å². The maximum Gasteiger partial charge on any atom is 0.412 e. The van der Waals surface area contributed by atoms with E-state index in [0.717, 1.165) is 0 Å². The summed E-state index contributed by atoms with van der Waals surface area (Å²) < 4.78 is 10.8. The lowest BCUT2D eigenvalue weighted by molar-refractivity contribution is -0.124. The number of hydroxylamine groups is 1.